The predicted octanol–water partition coefficient (Wildman–Crippen LogP) is 1.72. The van der Waals surface area contributed by atoms with E-state index in [2.05, 4.69) is 20.1 Å². The van der Waals surface area contributed by atoms with Gasteiger partial charge in [0.05, 0.1) is 29.7 Å². The molecule has 0 aromatic heterocycles. The van der Waals surface area contributed by atoms with E-state index in [-0.39, 0.29) is 36.3 Å². The highest BCUT2D eigenvalue weighted by molar-refractivity contribution is 14.0. The standard InChI is InChI=1S/C17H27ClN4O3S.HI/c1-19-17(20-7-12-25-13-14-26(2,23)24)22-10-8-21(9-11-22)16-6-4-3-5-15(16)18;/h3-6H,7-14H2,1-2H3,(H,19,20);1H. The smallest absolute Gasteiger partial charge is 0.193 e. The van der Waals surface area contributed by atoms with Crippen molar-refractivity contribution in [2.75, 3.05) is 69.9 Å². The molecule has 1 aliphatic heterocycles. The Morgan fingerprint density at radius 1 is 1.22 bits per heavy atom. The van der Waals surface area contributed by atoms with Crippen LogP contribution in [0.15, 0.2) is 29.3 Å². The number of anilines is 1. The number of piperazine rings is 1. The summed E-state index contributed by atoms with van der Waals surface area (Å²) in [6.45, 7) is 4.68. The largest absolute Gasteiger partial charge is 0.379 e. The van der Waals surface area contributed by atoms with Crippen molar-refractivity contribution in [3.63, 3.8) is 0 Å². The molecule has 2 rings (SSSR count). The first-order valence-corrected chi connectivity index (χ1v) is 11.0. The zero-order valence-corrected chi connectivity index (χ0v) is 19.6. The van der Waals surface area contributed by atoms with Gasteiger partial charge in [-0.25, -0.2) is 8.42 Å². The molecule has 0 saturated carbocycles. The summed E-state index contributed by atoms with van der Waals surface area (Å²) >= 11 is 6.28. The fourth-order valence-electron chi connectivity index (χ4n) is 2.75. The highest BCUT2D eigenvalue weighted by atomic mass is 127. The number of ether oxygens (including phenoxy) is 1. The van der Waals surface area contributed by atoms with Crippen LogP contribution in [-0.4, -0.2) is 84.3 Å². The minimum absolute atomic E-state index is 0. The average Bonchev–Trinajstić information content (AvgIpc) is 2.61. The Morgan fingerprint density at radius 2 is 1.89 bits per heavy atom. The quantitative estimate of drug-likeness (QED) is 0.250. The van der Waals surface area contributed by atoms with Crippen molar-refractivity contribution >= 4 is 57.1 Å². The molecule has 27 heavy (non-hydrogen) atoms. The van der Waals surface area contributed by atoms with Crippen LogP contribution in [0.25, 0.3) is 0 Å². The van der Waals surface area contributed by atoms with E-state index in [1.807, 2.05) is 24.3 Å². The van der Waals surface area contributed by atoms with Crippen LogP contribution in [-0.2, 0) is 14.6 Å². The van der Waals surface area contributed by atoms with Gasteiger partial charge in [-0.1, -0.05) is 23.7 Å². The summed E-state index contributed by atoms with van der Waals surface area (Å²) in [5, 5.41) is 4.03. The SMILES string of the molecule is CN=C(NCCOCCS(C)(=O)=O)N1CCN(c2ccccc2Cl)CC1.I. The van der Waals surface area contributed by atoms with E-state index >= 15 is 0 Å². The molecule has 1 aromatic rings. The highest BCUT2D eigenvalue weighted by Crippen LogP contribution is 2.25. The number of para-hydroxylation sites is 1. The van der Waals surface area contributed by atoms with E-state index in [9.17, 15) is 8.42 Å². The van der Waals surface area contributed by atoms with E-state index in [1.165, 1.54) is 6.26 Å². The third-order valence-electron chi connectivity index (χ3n) is 4.11. The summed E-state index contributed by atoms with van der Waals surface area (Å²) in [5.74, 6) is 0.877. The number of hydrogen-bond acceptors (Lipinski definition) is 5. The van der Waals surface area contributed by atoms with Gasteiger partial charge in [0.2, 0.25) is 0 Å². The van der Waals surface area contributed by atoms with Crippen LogP contribution in [0.3, 0.4) is 0 Å². The third-order valence-corrected chi connectivity index (χ3v) is 5.34. The third kappa shape index (κ3) is 8.41. The topological polar surface area (TPSA) is 74.2 Å². The van der Waals surface area contributed by atoms with E-state index < -0.39 is 9.84 Å². The van der Waals surface area contributed by atoms with Crippen molar-refractivity contribution in [3.05, 3.63) is 29.3 Å². The molecule has 1 saturated heterocycles. The summed E-state index contributed by atoms with van der Waals surface area (Å²) in [5.41, 5.74) is 1.07. The van der Waals surface area contributed by atoms with Gasteiger partial charge in [-0.15, -0.1) is 24.0 Å². The van der Waals surface area contributed by atoms with Crippen LogP contribution >= 0.6 is 35.6 Å². The Balaban J connectivity index is 0.00000364. The van der Waals surface area contributed by atoms with Crippen LogP contribution < -0.4 is 10.2 Å². The van der Waals surface area contributed by atoms with E-state index in [0.717, 1.165) is 42.8 Å². The molecule has 1 aliphatic rings. The number of sulfone groups is 1. The Hall–Kier alpha value is -0.780. The number of halogens is 2. The normalized spacial score (nSPS) is 15.4. The van der Waals surface area contributed by atoms with Crippen molar-refractivity contribution in [1.82, 2.24) is 10.2 Å². The van der Waals surface area contributed by atoms with Crippen LogP contribution in [0.2, 0.25) is 5.02 Å². The fourth-order valence-corrected chi connectivity index (χ4v) is 3.42. The van der Waals surface area contributed by atoms with Gasteiger partial charge in [0.15, 0.2) is 5.96 Å². The van der Waals surface area contributed by atoms with Crippen LogP contribution in [0.1, 0.15) is 0 Å². The number of nitrogens with one attached hydrogen (secondary N) is 1. The molecule has 1 fully saturated rings. The van der Waals surface area contributed by atoms with E-state index in [4.69, 9.17) is 16.3 Å². The Bertz CT molecular complexity index is 710. The minimum atomic E-state index is -2.97. The minimum Gasteiger partial charge on any atom is -0.379 e. The predicted molar refractivity (Wildman–Crippen MR) is 123 cm³/mol. The Labute approximate surface area is 184 Å². The number of rotatable bonds is 7. The number of hydrogen-bond donors (Lipinski definition) is 1. The summed E-state index contributed by atoms with van der Waals surface area (Å²) in [6.07, 6.45) is 1.21. The van der Waals surface area contributed by atoms with E-state index in [0.29, 0.717) is 13.2 Å². The van der Waals surface area contributed by atoms with Gasteiger partial charge in [0, 0.05) is 46.0 Å². The van der Waals surface area contributed by atoms with Gasteiger partial charge in [0.1, 0.15) is 9.84 Å². The number of aliphatic imine (C=N–C) groups is 1. The lowest BCUT2D eigenvalue weighted by Gasteiger charge is -2.38. The zero-order chi connectivity index (χ0) is 19.0. The van der Waals surface area contributed by atoms with Gasteiger partial charge in [-0.3, -0.25) is 4.99 Å². The van der Waals surface area contributed by atoms with Crippen molar-refractivity contribution in [3.8, 4) is 0 Å². The maximum atomic E-state index is 11.0. The molecule has 1 heterocycles. The summed E-state index contributed by atoms with van der Waals surface area (Å²) < 4.78 is 27.4. The molecule has 1 N–H and O–H groups in total. The molecule has 154 valence electrons. The van der Waals surface area contributed by atoms with Crippen LogP contribution in [0.4, 0.5) is 5.69 Å². The molecule has 0 spiro atoms. The first-order chi connectivity index (χ1) is 12.4. The summed E-state index contributed by atoms with van der Waals surface area (Å²) in [4.78, 5) is 8.80. The molecular weight excluding hydrogens is 503 g/mol. The second-order valence-electron chi connectivity index (χ2n) is 6.14. The van der Waals surface area contributed by atoms with E-state index in [1.54, 1.807) is 7.05 Å². The monoisotopic (exact) mass is 530 g/mol. The van der Waals surface area contributed by atoms with Gasteiger partial charge in [-0.05, 0) is 12.1 Å². The van der Waals surface area contributed by atoms with Crippen molar-refractivity contribution in [1.29, 1.82) is 0 Å². The maximum absolute atomic E-state index is 11.0. The lowest BCUT2D eigenvalue weighted by atomic mass is 10.2. The number of guanidine groups is 1. The zero-order valence-electron chi connectivity index (χ0n) is 15.7. The Morgan fingerprint density at radius 3 is 2.48 bits per heavy atom. The summed E-state index contributed by atoms with van der Waals surface area (Å²) in [6, 6.07) is 7.89. The molecule has 1 aromatic carbocycles. The molecule has 0 unspecified atom stereocenters. The second kappa shape index (κ2) is 11.9. The first kappa shape index (κ1) is 24.3. The number of nitrogens with zero attached hydrogens (tertiary/aromatic N) is 3. The molecule has 0 aliphatic carbocycles. The molecule has 0 radical (unpaired) electrons. The van der Waals surface area contributed by atoms with Crippen LogP contribution in [0, 0.1) is 0 Å². The lowest BCUT2D eigenvalue weighted by molar-refractivity contribution is 0.153. The van der Waals surface area contributed by atoms with Crippen molar-refractivity contribution in [2.45, 2.75) is 0 Å². The van der Waals surface area contributed by atoms with Gasteiger partial charge in [-0.2, -0.15) is 0 Å². The van der Waals surface area contributed by atoms with Crippen molar-refractivity contribution < 1.29 is 13.2 Å². The molecule has 10 heteroatoms. The molecular formula is C17H28ClIN4O3S. The lowest BCUT2D eigenvalue weighted by Crippen LogP contribution is -2.53. The molecule has 0 atom stereocenters. The number of benzene rings is 1. The molecule has 7 nitrogen and oxygen atoms in total. The highest BCUT2D eigenvalue weighted by Gasteiger charge is 2.20. The fraction of sp³-hybridized carbons (Fsp3) is 0.588. The van der Waals surface area contributed by atoms with Gasteiger partial charge < -0.3 is 19.9 Å². The Kier molecular flexibility index (Phi) is 10.7. The molecule has 0 bridgehead atoms. The molecule has 0 amide bonds. The maximum Gasteiger partial charge on any atom is 0.193 e. The van der Waals surface area contributed by atoms with Gasteiger partial charge in [0.25, 0.3) is 0 Å². The first-order valence-electron chi connectivity index (χ1n) is 8.61. The van der Waals surface area contributed by atoms with Crippen molar-refractivity contribution in [2.24, 2.45) is 4.99 Å². The summed E-state index contributed by atoms with van der Waals surface area (Å²) in [7, 11) is -1.21. The average molecular weight is 531 g/mol. The van der Waals surface area contributed by atoms with Crippen LogP contribution in [0.5, 0.6) is 0 Å². The van der Waals surface area contributed by atoms with Gasteiger partial charge >= 0.3 is 0 Å². The second-order valence-corrected chi connectivity index (χ2v) is 8.81.